The molecule has 1 aromatic heterocycles. The van der Waals surface area contributed by atoms with Crippen molar-refractivity contribution in [1.29, 1.82) is 0 Å². The van der Waals surface area contributed by atoms with Crippen molar-refractivity contribution in [3.63, 3.8) is 0 Å². The second-order valence-corrected chi connectivity index (χ2v) is 3.69. The Morgan fingerprint density at radius 1 is 1.31 bits per heavy atom. The first-order chi connectivity index (χ1) is 7.70. The number of nitrogens with one attached hydrogen (secondary N) is 2. The molecule has 84 valence electrons. The average Bonchev–Trinajstić information content (AvgIpc) is 2.62. The van der Waals surface area contributed by atoms with Crippen LogP contribution in [-0.2, 0) is 6.54 Å². The summed E-state index contributed by atoms with van der Waals surface area (Å²) in [6, 6.07) is 6.31. The SMILES string of the molecule is CNCc1nc(-c2ccc(F)cc2)[nH]c1C. The van der Waals surface area contributed by atoms with Crippen molar-refractivity contribution < 1.29 is 4.39 Å². The van der Waals surface area contributed by atoms with Gasteiger partial charge >= 0.3 is 0 Å². The fourth-order valence-electron chi connectivity index (χ4n) is 1.58. The zero-order chi connectivity index (χ0) is 11.5. The molecule has 0 spiro atoms. The first-order valence-corrected chi connectivity index (χ1v) is 5.16. The number of H-pyrrole nitrogens is 1. The van der Waals surface area contributed by atoms with E-state index in [2.05, 4.69) is 15.3 Å². The molecule has 2 aromatic rings. The van der Waals surface area contributed by atoms with E-state index in [1.54, 1.807) is 12.1 Å². The van der Waals surface area contributed by atoms with Crippen molar-refractivity contribution in [1.82, 2.24) is 15.3 Å². The second-order valence-electron chi connectivity index (χ2n) is 3.69. The van der Waals surface area contributed by atoms with Gasteiger partial charge < -0.3 is 10.3 Å². The van der Waals surface area contributed by atoms with E-state index in [1.165, 1.54) is 12.1 Å². The molecule has 3 nitrogen and oxygen atoms in total. The normalized spacial score (nSPS) is 10.7. The lowest BCUT2D eigenvalue weighted by Gasteiger charge is -1.95. The third kappa shape index (κ3) is 2.12. The number of aromatic nitrogens is 2. The van der Waals surface area contributed by atoms with Crippen molar-refractivity contribution in [3.05, 3.63) is 41.5 Å². The van der Waals surface area contributed by atoms with Gasteiger partial charge in [-0.2, -0.15) is 0 Å². The molecule has 0 amide bonds. The molecule has 0 aliphatic heterocycles. The molecule has 0 fully saturated rings. The van der Waals surface area contributed by atoms with Crippen LogP contribution in [0.5, 0.6) is 0 Å². The smallest absolute Gasteiger partial charge is 0.137 e. The summed E-state index contributed by atoms with van der Waals surface area (Å²) in [6.07, 6.45) is 0. The quantitative estimate of drug-likeness (QED) is 0.831. The van der Waals surface area contributed by atoms with Gasteiger partial charge in [0.1, 0.15) is 11.6 Å². The molecule has 2 rings (SSSR count). The maximum atomic E-state index is 12.8. The molecule has 1 aromatic carbocycles. The van der Waals surface area contributed by atoms with Crippen LogP contribution >= 0.6 is 0 Å². The molecule has 0 atom stereocenters. The molecule has 2 N–H and O–H groups in total. The molecule has 0 unspecified atom stereocenters. The number of imidazole rings is 1. The Balaban J connectivity index is 2.33. The van der Waals surface area contributed by atoms with Crippen LogP contribution in [0.4, 0.5) is 4.39 Å². The molecular weight excluding hydrogens is 205 g/mol. The van der Waals surface area contributed by atoms with Crippen LogP contribution in [-0.4, -0.2) is 17.0 Å². The predicted octanol–water partition coefficient (Wildman–Crippen LogP) is 2.24. The molecule has 0 saturated heterocycles. The molecular formula is C12H14FN3. The summed E-state index contributed by atoms with van der Waals surface area (Å²) in [5, 5.41) is 3.06. The number of hydrogen-bond donors (Lipinski definition) is 2. The minimum atomic E-state index is -0.234. The summed E-state index contributed by atoms with van der Waals surface area (Å²) in [7, 11) is 1.88. The summed E-state index contributed by atoms with van der Waals surface area (Å²) >= 11 is 0. The molecule has 0 bridgehead atoms. The Kier molecular flexibility index (Phi) is 3.01. The summed E-state index contributed by atoms with van der Waals surface area (Å²) < 4.78 is 12.8. The summed E-state index contributed by atoms with van der Waals surface area (Å²) in [4.78, 5) is 7.65. The number of benzene rings is 1. The van der Waals surface area contributed by atoms with Crippen molar-refractivity contribution in [2.45, 2.75) is 13.5 Å². The summed E-state index contributed by atoms with van der Waals surface area (Å²) in [5.74, 6) is 0.547. The van der Waals surface area contributed by atoms with Crippen LogP contribution in [0.3, 0.4) is 0 Å². The van der Waals surface area contributed by atoms with Gasteiger partial charge in [-0.15, -0.1) is 0 Å². The standard InChI is InChI=1S/C12H14FN3/c1-8-11(7-14-2)16-12(15-8)9-3-5-10(13)6-4-9/h3-6,14H,7H2,1-2H3,(H,15,16). The highest BCUT2D eigenvalue weighted by molar-refractivity contribution is 5.55. The lowest BCUT2D eigenvalue weighted by molar-refractivity contribution is 0.628. The van der Waals surface area contributed by atoms with Gasteiger partial charge in [0.15, 0.2) is 0 Å². The zero-order valence-electron chi connectivity index (χ0n) is 9.34. The van der Waals surface area contributed by atoms with E-state index < -0.39 is 0 Å². The first-order valence-electron chi connectivity index (χ1n) is 5.16. The van der Waals surface area contributed by atoms with Crippen molar-refractivity contribution >= 4 is 0 Å². The van der Waals surface area contributed by atoms with Gasteiger partial charge in [0.25, 0.3) is 0 Å². The average molecular weight is 219 g/mol. The Morgan fingerprint density at radius 3 is 2.62 bits per heavy atom. The van der Waals surface area contributed by atoms with E-state index in [-0.39, 0.29) is 5.82 Å². The topological polar surface area (TPSA) is 40.7 Å². The van der Waals surface area contributed by atoms with Gasteiger partial charge in [0, 0.05) is 17.8 Å². The molecule has 0 radical (unpaired) electrons. The molecule has 0 aliphatic rings. The van der Waals surface area contributed by atoms with Gasteiger partial charge in [-0.25, -0.2) is 9.37 Å². The molecule has 4 heteroatoms. The maximum absolute atomic E-state index is 12.8. The Morgan fingerprint density at radius 2 is 2.00 bits per heavy atom. The predicted molar refractivity (Wildman–Crippen MR) is 61.5 cm³/mol. The second kappa shape index (κ2) is 4.45. The largest absolute Gasteiger partial charge is 0.342 e. The van der Waals surface area contributed by atoms with Crippen LogP contribution < -0.4 is 5.32 Å². The van der Waals surface area contributed by atoms with Crippen molar-refractivity contribution in [2.24, 2.45) is 0 Å². The van der Waals surface area contributed by atoms with Gasteiger partial charge in [-0.3, -0.25) is 0 Å². The molecule has 1 heterocycles. The van der Waals surface area contributed by atoms with Gasteiger partial charge in [-0.05, 0) is 38.2 Å². The van der Waals surface area contributed by atoms with Gasteiger partial charge in [0.05, 0.1) is 5.69 Å². The first kappa shape index (κ1) is 10.8. The van der Waals surface area contributed by atoms with E-state index in [0.29, 0.717) is 0 Å². The maximum Gasteiger partial charge on any atom is 0.137 e. The Hall–Kier alpha value is -1.68. The van der Waals surface area contributed by atoms with Crippen LogP contribution in [0.25, 0.3) is 11.4 Å². The number of aryl methyl sites for hydroxylation is 1. The van der Waals surface area contributed by atoms with E-state index in [9.17, 15) is 4.39 Å². The van der Waals surface area contributed by atoms with Crippen molar-refractivity contribution in [3.8, 4) is 11.4 Å². The third-order valence-corrected chi connectivity index (χ3v) is 2.45. The fourth-order valence-corrected chi connectivity index (χ4v) is 1.58. The van der Waals surface area contributed by atoms with Crippen LogP contribution in [0, 0.1) is 12.7 Å². The van der Waals surface area contributed by atoms with E-state index in [4.69, 9.17) is 0 Å². The third-order valence-electron chi connectivity index (χ3n) is 2.45. The Bertz CT molecular complexity index is 474. The number of hydrogen-bond acceptors (Lipinski definition) is 2. The monoisotopic (exact) mass is 219 g/mol. The highest BCUT2D eigenvalue weighted by Crippen LogP contribution is 2.18. The Labute approximate surface area is 93.7 Å². The van der Waals surface area contributed by atoms with E-state index in [0.717, 1.165) is 29.3 Å². The van der Waals surface area contributed by atoms with Gasteiger partial charge in [0.2, 0.25) is 0 Å². The lowest BCUT2D eigenvalue weighted by atomic mass is 10.2. The van der Waals surface area contributed by atoms with Crippen LogP contribution in [0.15, 0.2) is 24.3 Å². The summed E-state index contributed by atoms with van der Waals surface area (Å²) in [6.45, 7) is 2.70. The highest BCUT2D eigenvalue weighted by Gasteiger charge is 2.07. The number of rotatable bonds is 3. The summed E-state index contributed by atoms with van der Waals surface area (Å²) in [5.41, 5.74) is 2.92. The lowest BCUT2D eigenvalue weighted by Crippen LogP contribution is -2.06. The van der Waals surface area contributed by atoms with E-state index >= 15 is 0 Å². The fraction of sp³-hybridized carbons (Fsp3) is 0.250. The minimum Gasteiger partial charge on any atom is -0.342 e. The zero-order valence-corrected chi connectivity index (χ0v) is 9.34. The van der Waals surface area contributed by atoms with Crippen molar-refractivity contribution in [2.75, 3.05) is 7.05 Å². The number of nitrogens with zero attached hydrogens (tertiary/aromatic N) is 1. The molecule has 16 heavy (non-hydrogen) atoms. The van der Waals surface area contributed by atoms with Crippen LogP contribution in [0.2, 0.25) is 0 Å². The van der Waals surface area contributed by atoms with Gasteiger partial charge in [-0.1, -0.05) is 0 Å². The minimum absolute atomic E-state index is 0.234. The molecule has 0 aliphatic carbocycles. The number of halogens is 1. The van der Waals surface area contributed by atoms with Crippen LogP contribution in [0.1, 0.15) is 11.4 Å². The number of aromatic amines is 1. The molecule has 0 saturated carbocycles. The van der Waals surface area contributed by atoms with E-state index in [1.807, 2.05) is 14.0 Å². The highest BCUT2D eigenvalue weighted by atomic mass is 19.1.